The van der Waals surface area contributed by atoms with Crippen molar-refractivity contribution in [1.82, 2.24) is 14.4 Å². The molecular weight excluding hydrogens is 190 g/mol. The van der Waals surface area contributed by atoms with Crippen molar-refractivity contribution < 1.29 is 0 Å². The molecule has 0 atom stereocenters. The molecule has 0 bridgehead atoms. The summed E-state index contributed by atoms with van der Waals surface area (Å²) >= 11 is 0. The second-order valence-electron chi connectivity index (χ2n) is 3.54. The van der Waals surface area contributed by atoms with Gasteiger partial charge >= 0.3 is 0 Å². The predicted octanol–water partition coefficient (Wildman–Crippen LogP) is 1.48. The number of aromatic nitrogens is 3. The number of hydrogen-bond acceptors (Lipinski definition) is 2. The molecule has 0 aromatic carbocycles. The zero-order valence-corrected chi connectivity index (χ0v) is 8.19. The number of pyridine rings is 1. The molecule has 0 saturated carbocycles. The van der Waals surface area contributed by atoms with Crippen molar-refractivity contribution in [3.63, 3.8) is 0 Å². The average molecular weight is 199 g/mol. The highest BCUT2D eigenvalue weighted by molar-refractivity contribution is 5.77. The molecule has 4 heteroatoms. The van der Waals surface area contributed by atoms with Crippen molar-refractivity contribution in [2.75, 3.05) is 0 Å². The summed E-state index contributed by atoms with van der Waals surface area (Å²) in [6.07, 6.45) is 3.59. The lowest BCUT2D eigenvalue weighted by Crippen LogP contribution is -2.10. The molecule has 0 aliphatic carbocycles. The van der Waals surface area contributed by atoms with E-state index in [1.807, 2.05) is 25.3 Å². The van der Waals surface area contributed by atoms with Crippen LogP contribution in [0.15, 0.2) is 35.4 Å². The molecule has 3 aromatic heterocycles. The second kappa shape index (κ2) is 2.70. The van der Waals surface area contributed by atoms with Crippen LogP contribution in [-0.2, 0) is 0 Å². The van der Waals surface area contributed by atoms with Gasteiger partial charge < -0.3 is 4.98 Å². The van der Waals surface area contributed by atoms with E-state index in [2.05, 4.69) is 9.97 Å². The summed E-state index contributed by atoms with van der Waals surface area (Å²) in [4.78, 5) is 18.8. The zero-order chi connectivity index (χ0) is 10.4. The van der Waals surface area contributed by atoms with Crippen molar-refractivity contribution in [3.05, 3.63) is 46.5 Å². The van der Waals surface area contributed by atoms with Crippen LogP contribution in [0.25, 0.3) is 16.7 Å². The van der Waals surface area contributed by atoms with Gasteiger partial charge in [-0.25, -0.2) is 4.98 Å². The number of fused-ring (bicyclic) bond motifs is 3. The minimum Gasteiger partial charge on any atom is -0.317 e. The highest BCUT2D eigenvalue weighted by atomic mass is 16.1. The van der Waals surface area contributed by atoms with Gasteiger partial charge in [-0.2, -0.15) is 0 Å². The lowest BCUT2D eigenvalue weighted by molar-refractivity contribution is 1.13. The Morgan fingerprint density at radius 3 is 3.13 bits per heavy atom. The number of aromatic amines is 1. The van der Waals surface area contributed by atoms with E-state index < -0.39 is 0 Å². The van der Waals surface area contributed by atoms with Crippen LogP contribution < -0.4 is 5.56 Å². The van der Waals surface area contributed by atoms with Gasteiger partial charge in [0.2, 0.25) is 0 Å². The molecule has 0 unspecified atom stereocenters. The fraction of sp³-hybridized carbons (Fsp3) is 0.0909. The molecule has 0 aliphatic heterocycles. The Balaban J connectivity index is 2.72. The monoisotopic (exact) mass is 199 g/mol. The summed E-state index contributed by atoms with van der Waals surface area (Å²) in [5.41, 5.74) is 3.15. The second-order valence-corrected chi connectivity index (χ2v) is 3.54. The third kappa shape index (κ3) is 1.01. The maximum atomic E-state index is 11.7. The van der Waals surface area contributed by atoms with Crippen LogP contribution in [0, 0.1) is 6.92 Å². The molecule has 0 amide bonds. The number of rotatable bonds is 0. The van der Waals surface area contributed by atoms with Gasteiger partial charge in [0.05, 0.1) is 5.52 Å². The first-order chi connectivity index (χ1) is 7.27. The molecule has 74 valence electrons. The Bertz CT molecular complexity index is 708. The lowest BCUT2D eigenvalue weighted by atomic mass is 10.2. The highest BCUT2D eigenvalue weighted by Gasteiger charge is 2.05. The molecule has 3 rings (SSSR count). The van der Waals surface area contributed by atoms with Crippen molar-refractivity contribution >= 4 is 16.7 Å². The molecule has 15 heavy (non-hydrogen) atoms. The van der Waals surface area contributed by atoms with Crippen molar-refractivity contribution in [2.45, 2.75) is 6.92 Å². The summed E-state index contributed by atoms with van der Waals surface area (Å²) in [6.45, 7) is 1.95. The van der Waals surface area contributed by atoms with Gasteiger partial charge in [-0.3, -0.25) is 9.20 Å². The normalized spacial score (nSPS) is 11.3. The number of nitrogens with zero attached hydrogens (tertiary/aromatic N) is 2. The van der Waals surface area contributed by atoms with E-state index in [1.54, 1.807) is 16.7 Å². The van der Waals surface area contributed by atoms with Gasteiger partial charge in [0.1, 0.15) is 5.52 Å². The summed E-state index contributed by atoms with van der Waals surface area (Å²) in [5, 5.41) is 0. The SMILES string of the molecule is Cc1ccnc2c1[nH]c(=O)c1cccn12. The first kappa shape index (κ1) is 8.23. The van der Waals surface area contributed by atoms with E-state index >= 15 is 0 Å². The number of hydrogen-bond donors (Lipinski definition) is 1. The molecule has 0 aliphatic rings. The van der Waals surface area contributed by atoms with Crippen LogP contribution in [0.4, 0.5) is 0 Å². The minimum atomic E-state index is -0.0800. The number of H-pyrrole nitrogens is 1. The Kier molecular flexibility index (Phi) is 1.48. The molecule has 0 fully saturated rings. The summed E-state index contributed by atoms with van der Waals surface area (Å²) in [5.74, 6) is 0. The maximum absolute atomic E-state index is 11.7. The summed E-state index contributed by atoms with van der Waals surface area (Å²) in [6, 6.07) is 5.50. The predicted molar refractivity (Wildman–Crippen MR) is 58.1 cm³/mol. The minimum absolute atomic E-state index is 0.0800. The summed E-state index contributed by atoms with van der Waals surface area (Å²) in [7, 11) is 0. The van der Waals surface area contributed by atoms with Crippen LogP contribution in [0.2, 0.25) is 0 Å². The van der Waals surface area contributed by atoms with Gasteiger partial charge in [0.15, 0.2) is 5.65 Å². The lowest BCUT2D eigenvalue weighted by Gasteiger charge is -2.03. The van der Waals surface area contributed by atoms with E-state index in [0.29, 0.717) is 5.52 Å². The molecule has 4 nitrogen and oxygen atoms in total. The van der Waals surface area contributed by atoms with E-state index in [1.165, 1.54) is 0 Å². The van der Waals surface area contributed by atoms with Gasteiger partial charge in [0, 0.05) is 12.4 Å². The Morgan fingerprint density at radius 2 is 2.27 bits per heavy atom. The van der Waals surface area contributed by atoms with Crippen LogP contribution >= 0.6 is 0 Å². The van der Waals surface area contributed by atoms with Crippen LogP contribution in [-0.4, -0.2) is 14.4 Å². The van der Waals surface area contributed by atoms with Gasteiger partial charge in [0.25, 0.3) is 5.56 Å². The van der Waals surface area contributed by atoms with E-state index in [0.717, 1.165) is 16.7 Å². The van der Waals surface area contributed by atoms with Gasteiger partial charge in [-0.1, -0.05) is 0 Å². The molecule has 0 radical (unpaired) electrons. The first-order valence-corrected chi connectivity index (χ1v) is 4.72. The largest absolute Gasteiger partial charge is 0.317 e. The molecule has 3 heterocycles. The highest BCUT2D eigenvalue weighted by Crippen LogP contribution is 2.13. The third-order valence-electron chi connectivity index (χ3n) is 2.59. The number of aryl methyl sites for hydroxylation is 1. The maximum Gasteiger partial charge on any atom is 0.272 e. The quantitative estimate of drug-likeness (QED) is 0.596. The molecule has 0 spiro atoms. The van der Waals surface area contributed by atoms with E-state index in [9.17, 15) is 4.79 Å². The van der Waals surface area contributed by atoms with Gasteiger partial charge in [-0.05, 0) is 30.7 Å². The topological polar surface area (TPSA) is 50.2 Å². The Morgan fingerprint density at radius 1 is 1.40 bits per heavy atom. The van der Waals surface area contributed by atoms with Crippen LogP contribution in [0.5, 0.6) is 0 Å². The third-order valence-corrected chi connectivity index (χ3v) is 2.59. The van der Waals surface area contributed by atoms with Crippen molar-refractivity contribution in [3.8, 4) is 0 Å². The van der Waals surface area contributed by atoms with Crippen molar-refractivity contribution in [2.24, 2.45) is 0 Å². The average Bonchev–Trinajstić information content (AvgIpc) is 2.69. The van der Waals surface area contributed by atoms with Crippen molar-refractivity contribution in [1.29, 1.82) is 0 Å². The van der Waals surface area contributed by atoms with E-state index in [4.69, 9.17) is 0 Å². The fourth-order valence-electron chi connectivity index (χ4n) is 1.81. The number of nitrogens with one attached hydrogen (secondary N) is 1. The van der Waals surface area contributed by atoms with Gasteiger partial charge in [-0.15, -0.1) is 0 Å². The van der Waals surface area contributed by atoms with Crippen LogP contribution in [0.1, 0.15) is 5.56 Å². The smallest absolute Gasteiger partial charge is 0.272 e. The standard InChI is InChI=1S/C11H9N3O/c1-7-4-5-12-10-9(7)13-11(15)8-3-2-6-14(8)10/h2-6H,1H3,(H,13,15). The zero-order valence-electron chi connectivity index (χ0n) is 8.19. The molecule has 1 N–H and O–H groups in total. The first-order valence-electron chi connectivity index (χ1n) is 4.72. The Labute approximate surface area is 85.2 Å². The van der Waals surface area contributed by atoms with E-state index in [-0.39, 0.29) is 5.56 Å². The Hall–Kier alpha value is -2.10. The molecular formula is C11H9N3O. The fourth-order valence-corrected chi connectivity index (χ4v) is 1.81. The molecule has 3 aromatic rings. The molecule has 0 saturated heterocycles. The van der Waals surface area contributed by atoms with Crippen LogP contribution in [0.3, 0.4) is 0 Å². The summed E-state index contributed by atoms with van der Waals surface area (Å²) < 4.78 is 1.81.